The van der Waals surface area contributed by atoms with Gasteiger partial charge >= 0.3 is 0 Å². The molecule has 0 aliphatic heterocycles. The third-order valence-electron chi connectivity index (χ3n) is 5.60. The van der Waals surface area contributed by atoms with Crippen molar-refractivity contribution in [2.45, 2.75) is 20.1 Å². The predicted molar refractivity (Wildman–Crippen MR) is 129 cm³/mol. The Morgan fingerprint density at radius 3 is 2.59 bits per heavy atom. The van der Waals surface area contributed by atoms with Gasteiger partial charge in [-0.3, -0.25) is 0 Å². The predicted octanol–water partition coefficient (Wildman–Crippen LogP) is 5.68. The van der Waals surface area contributed by atoms with Gasteiger partial charge in [0.05, 0.1) is 31.6 Å². The first-order valence-electron chi connectivity index (χ1n) is 10.4. The lowest BCUT2D eigenvalue weighted by molar-refractivity contribution is 0.273. The maximum atomic E-state index is 10.4. The number of hydrogen-bond acceptors (Lipinski definition) is 5. The molecule has 5 nitrogen and oxygen atoms in total. The summed E-state index contributed by atoms with van der Waals surface area (Å²) in [6.07, 6.45) is 1.80. The summed E-state index contributed by atoms with van der Waals surface area (Å²) in [5.74, 6) is 0.565. The molecule has 1 N–H and O–H groups in total. The highest BCUT2D eigenvalue weighted by molar-refractivity contribution is 7.13. The molecule has 0 amide bonds. The summed E-state index contributed by atoms with van der Waals surface area (Å²) in [6, 6.07) is 20.4. The molecule has 0 aliphatic rings. The molecule has 3 heterocycles. The van der Waals surface area contributed by atoms with Gasteiger partial charge in [-0.2, -0.15) is 0 Å². The summed E-state index contributed by atoms with van der Waals surface area (Å²) < 4.78 is 7.38. The van der Waals surface area contributed by atoms with Gasteiger partial charge in [0, 0.05) is 45.2 Å². The van der Waals surface area contributed by atoms with Crippen LogP contribution in [0.4, 0.5) is 0 Å². The van der Waals surface area contributed by atoms with Gasteiger partial charge in [-0.15, -0.1) is 11.3 Å². The second-order valence-corrected chi connectivity index (χ2v) is 8.54. The Morgan fingerprint density at radius 1 is 1.03 bits per heavy atom. The van der Waals surface area contributed by atoms with Crippen LogP contribution >= 0.6 is 11.3 Å². The normalized spacial score (nSPS) is 11.2. The fourth-order valence-electron chi connectivity index (χ4n) is 4.09. The molecule has 0 atom stereocenters. The Labute approximate surface area is 190 Å². The van der Waals surface area contributed by atoms with E-state index in [1.54, 1.807) is 24.6 Å². The molecule has 3 aromatic heterocycles. The Bertz CT molecular complexity index is 1370. The number of aromatic nitrogens is 3. The van der Waals surface area contributed by atoms with Crippen molar-refractivity contribution in [3.63, 3.8) is 0 Å². The van der Waals surface area contributed by atoms with E-state index in [2.05, 4.69) is 52.2 Å². The monoisotopic (exact) mass is 441 g/mol. The van der Waals surface area contributed by atoms with E-state index in [4.69, 9.17) is 9.72 Å². The summed E-state index contributed by atoms with van der Waals surface area (Å²) in [4.78, 5) is 9.25. The molecule has 0 saturated heterocycles. The highest BCUT2D eigenvalue weighted by atomic mass is 32.1. The number of aliphatic hydroxyl groups is 1. The molecule has 32 heavy (non-hydrogen) atoms. The Balaban J connectivity index is 1.62. The van der Waals surface area contributed by atoms with Crippen LogP contribution in [-0.2, 0) is 13.2 Å². The van der Waals surface area contributed by atoms with E-state index in [1.165, 1.54) is 5.56 Å². The number of nitrogens with zero attached hydrogens (tertiary/aromatic N) is 3. The summed E-state index contributed by atoms with van der Waals surface area (Å²) in [7, 11) is 1.61. The molecular weight excluding hydrogens is 418 g/mol. The van der Waals surface area contributed by atoms with Crippen molar-refractivity contribution in [1.82, 2.24) is 14.5 Å². The first kappa shape index (κ1) is 20.4. The number of fused-ring (bicyclic) bond motifs is 1. The Hall–Kier alpha value is -3.48. The average molecular weight is 442 g/mol. The second-order valence-electron chi connectivity index (χ2n) is 7.69. The van der Waals surface area contributed by atoms with E-state index >= 15 is 0 Å². The fraction of sp³-hybridized carbons (Fsp3) is 0.154. The maximum Gasteiger partial charge on any atom is 0.212 e. The van der Waals surface area contributed by atoms with Crippen molar-refractivity contribution >= 4 is 22.2 Å². The van der Waals surface area contributed by atoms with Crippen LogP contribution in [0.1, 0.15) is 17.0 Å². The minimum Gasteiger partial charge on any atom is -0.481 e. The standard InChI is InChI=1S/C26H23N3O2S/c1-17-8-10-22-21(12-17)25(19-9-11-24(31-2)27-13-19)23(15-30)29(22)14-20-16-32-26(28-20)18-6-4-3-5-7-18/h3-13,16,30H,14-15H2,1-2H3. The van der Waals surface area contributed by atoms with E-state index in [0.717, 1.165) is 44.0 Å². The number of thiazole rings is 1. The van der Waals surface area contributed by atoms with Crippen molar-refractivity contribution in [2.24, 2.45) is 0 Å². The minimum absolute atomic E-state index is 0.0786. The molecule has 6 heteroatoms. The van der Waals surface area contributed by atoms with Gasteiger partial charge in [0.25, 0.3) is 0 Å². The molecule has 5 aromatic rings. The zero-order valence-electron chi connectivity index (χ0n) is 17.9. The zero-order chi connectivity index (χ0) is 22.1. The van der Waals surface area contributed by atoms with Gasteiger partial charge in [0.15, 0.2) is 0 Å². The van der Waals surface area contributed by atoms with Crippen LogP contribution in [0, 0.1) is 6.92 Å². The number of methoxy groups -OCH3 is 1. The van der Waals surface area contributed by atoms with E-state index in [0.29, 0.717) is 12.4 Å². The lowest BCUT2D eigenvalue weighted by Crippen LogP contribution is -2.05. The second kappa shape index (κ2) is 8.57. The van der Waals surface area contributed by atoms with Gasteiger partial charge in [0.2, 0.25) is 5.88 Å². The summed E-state index contributed by atoms with van der Waals surface area (Å²) >= 11 is 1.64. The third-order valence-corrected chi connectivity index (χ3v) is 6.54. The first-order valence-corrected chi connectivity index (χ1v) is 11.3. The molecule has 0 unspecified atom stereocenters. The number of ether oxygens (including phenoxy) is 1. The largest absolute Gasteiger partial charge is 0.481 e. The summed E-state index contributed by atoms with van der Waals surface area (Å²) in [6.45, 7) is 2.59. The van der Waals surface area contributed by atoms with Crippen molar-refractivity contribution in [3.05, 3.63) is 89.2 Å². The molecule has 2 aromatic carbocycles. The SMILES string of the molecule is COc1ccc(-c2c(CO)n(Cc3csc(-c4ccccc4)n3)c3ccc(C)cc23)cn1. The molecule has 0 radical (unpaired) electrons. The molecule has 0 spiro atoms. The van der Waals surface area contributed by atoms with Crippen LogP contribution in [0.25, 0.3) is 32.6 Å². The number of rotatable bonds is 6. The minimum atomic E-state index is -0.0786. The number of benzene rings is 2. The summed E-state index contributed by atoms with van der Waals surface area (Å²) in [5.41, 5.74) is 7.13. The smallest absolute Gasteiger partial charge is 0.212 e. The first-order chi connectivity index (χ1) is 15.7. The van der Waals surface area contributed by atoms with Crippen LogP contribution in [0.5, 0.6) is 5.88 Å². The van der Waals surface area contributed by atoms with Crippen LogP contribution in [-0.4, -0.2) is 26.8 Å². The zero-order valence-corrected chi connectivity index (χ0v) is 18.8. The van der Waals surface area contributed by atoms with Crippen molar-refractivity contribution < 1.29 is 9.84 Å². The number of aliphatic hydroxyl groups excluding tert-OH is 1. The molecule has 0 fully saturated rings. The molecule has 0 bridgehead atoms. The van der Waals surface area contributed by atoms with Crippen LogP contribution in [0.2, 0.25) is 0 Å². The third kappa shape index (κ3) is 3.68. The van der Waals surface area contributed by atoms with Gasteiger partial charge in [0.1, 0.15) is 5.01 Å². The number of hydrogen-bond donors (Lipinski definition) is 1. The molecule has 0 aliphatic carbocycles. The quantitative estimate of drug-likeness (QED) is 0.368. The Kier molecular flexibility index (Phi) is 5.47. The lowest BCUT2D eigenvalue weighted by Gasteiger charge is -2.09. The van der Waals surface area contributed by atoms with E-state index in [1.807, 2.05) is 30.3 Å². The average Bonchev–Trinajstić information content (AvgIpc) is 3.42. The van der Waals surface area contributed by atoms with Gasteiger partial charge < -0.3 is 14.4 Å². The van der Waals surface area contributed by atoms with Crippen LogP contribution < -0.4 is 4.74 Å². The maximum absolute atomic E-state index is 10.4. The number of pyridine rings is 1. The van der Waals surface area contributed by atoms with Gasteiger partial charge in [-0.25, -0.2) is 9.97 Å². The molecule has 160 valence electrons. The molecule has 0 saturated carbocycles. The lowest BCUT2D eigenvalue weighted by atomic mass is 10.0. The van der Waals surface area contributed by atoms with Crippen molar-refractivity contribution in [3.8, 4) is 27.6 Å². The highest BCUT2D eigenvalue weighted by Crippen LogP contribution is 2.37. The van der Waals surface area contributed by atoms with Gasteiger partial charge in [-0.1, -0.05) is 42.0 Å². The van der Waals surface area contributed by atoms with Crippen LogP contribution in [0.3, 0.4) is 0 Å². The van der Waals surface area contributed by atoms with E-state index < -0.39 is 0 Å². The van der Waals surface area contributed by atoms with Gasteiger partial charge in [-0.05, 0) is 25.1 Å². The summed E-state index contributed by atoms with van der Waals surface area (Å²) in [5, 5.41) is 14.6. The van der Waals surface area contributed by atoms with Crippen LogP contribution in [0.15, 0.2) is 72.2 Å². The van der Waals surface area contributed by atoms with Crippen molar-refractivity contribution in [1.29, 1.82) is 0 Å². The number of aryl methyl sites for hydroxylation is 1. The topological polar surface area (TPSA) is 60.2 Å². The fourth-order valence-corrected chi connectivity index (χ4v) is 4.91. The highest BCUT2D eigenvalue weighted by Gasteiger charge is 2.19. The Morgan fingerprint density at radius 2 is 1.88 bits per heavy atom. The van der Waals surface area contributed by atoms with E-state index in [-0.39, 0.29) is 6.61 Å². The molecule has 5 rings (SSSR count). The van der Waals surface area contributed by atoms with Crippen molar-refractivity contribution in [2.75, 3.05) is 7.11 Å². The molecular formula is C26H23N3O2S. The van der Waals surface area contributed by atoms with E-state index in [9.17, 15) is 5.11 Å².